The Hall–Kier alpha value is -3.04. The molecule has 2 aromatic carbocycles. The number of benzene rings is 2. The second-order valence-corrected chi connectivity index (χ2v) is 7.74. The first-order chi connectivity index (χ1) is 16.8. The SMILES string of the molecule is CCOc1cc(OCC)c(N=NC(C(C)=O)C(=O)Nc2ccc(OCC)c(OCC)c2Cl)cc1Cl. The lowest BCUT2D eigenvalue weighted by Crippen LogP contribution is -2.32. The number of azo groups is 1. The highest BCUT2D eigenvalue weighted by atomic mass is 35.5. The van der Waals surface area contributed by atoms with Crippen molar-refractivity contribution in [1.29, 1.82) is 0 Å². The highest BCUT2D eigenvalue weighted by Gasteiger charge is 2.25. The van der Waals surface area contributed by atoms with Crippen LogP contribution in [0.15, 0.2) is 34.5 Å². The zero-order chi connectivity index (χ0) is 26.0. The fourth-order valence-electron chi connectivity index (χ4n) is 2.96. The van der Waals surface area contributed by atoms with Crippen molar-refractivity contribution in [3.8, 4) is 23.0 Å². The zero-order valence-electron chi connectivity index (χ0n) is 20.3. The molecule has 0 radical (unpaired) electrons. The van der Waals surface area contributed by atoms with Crippen LogP contribution in [-0.2, 0) is 9.59 Å². The molecular formula is C24H29Cl2N3O6. The molecule has 0 aliphatic carbocycles. The summed E-state index contributed by atoms with van der Waals surface area (Å²) >= 11 is 12.7. The molecule has 0 aliphatic rings. The number of ketones is 1. The Labute approximate surface area is 214 Å². The molecule has 11 heteroatoms. The summed E-state index contributed by atoms with van der Waals surface area (Å²) in [5.41, 5.74) is 0.487. The third-order valence-corrected chi connectivity index (χ3v) is 5.11. The number of nitrogens with zero attached hydrogens (tertiary/aromatic N) is 2. The van der Waals surface area contributed by atoms with E-state index in [4.69, 9.17) is 42.1 Å². The molecule has 35 heavy (non-hydrogen) atoms. The van der Waals surface area contributed by atoms with E-state index in [1.807, 2.05) is 13.8 Å². The molecule has 0 aliphatic heterocycles. The fourth-order valence-corrected chi connectivity index (χ4v) is 3.43. The van der Waals surface area contributed by atoms with Crippen LogP contribution in [0.5, 0.6) is 23.0 Å². The van der Waals surface area contributed by atoms with Gasteiger partial charge in [-0.1, -0.05) is 23.2 Å². The lowest BCUT2D eigenvalue weighted by atomic mass is 10.2. The standard InChI is InChI=1S/C24H29Cl2N3O6/c1-6-32-18-11-10-16(21(26)23(18)35-9-4)27-24(31)22(14(5)30)29-28-17-12-15(25)19(33-7-2)13-20(17)34-8-3/h10-13,22H,6-9H2,1-5H3,(H,27,31). The first kappa shape index (κ1) is 28.2. The lowest BCUT2D eigenvalue weighted by Gasteiger charge is -2.16. The predicted octanol–water partition coefficient (Wildman–Crippen LogP) is 6.27. The van der Waals surface area contributed by atoms with Crippen LogP contribution in [0.4, 0.5) is 11.4 Å². The molecule has 190 valence electrons. The quantitative estimate of drug-likeness (QED) is 0.244. The molecule has 0 aromatic heterocycles. The number of nitrogens with one attached hydrogen (secondary N) is 1. The summed E-state index contributed by atoms with van der Waals surface area (Å²) in [6, 6.07) is 4.82. The Morgan fingerprint density at radius 2 is 1.49 bits per heavy atom. The third-order valence-electron chi connectivity index (χ3n) is 4.43. The van der Waals surface area contributed by atoms with Gasteiger partial charge in [0.15, 0.2) is 23.0 Å². The molecule has 1 N–H and O–H groups in total. The third kappa shape index (κ3) is 7.47. The largest absolute Gasteiger partial charge is 0.492 e. The number of Topliss-reactive ketones (excluding diaryl/α,β-unsaturated/α-hetero) is 1. The van der Waals surface area contributed by atoms with Crippen LogP contribution in [0.1, 0.15) is 34.6 Å². The molecule has 1 unspecified atom stereocenters. The van der Waals surface area contributed by atoms with Crippen LogP contribution in [0, 0.1) is 0 Å². The zero-order valence-corrected chi connectivity index (χ0v) is 21.8. The number of ether oxygens (including phenoxy) is 4. The van der Waals surface area contributed by atoms with Crippen LogP contribution >= 0.6 is 23.2 Å². The van der Waals surface area contributed by atoms with E-state index < -0.39 is 17.7 Å². The first-order valence-corrected chi connectivity index (χ1v) is 11.9. The van der Waals surface area contributed by atoms with Gasteiger partial charge in [0, 0.05) is 6.07 Å². The van der Waals surface area contributed by atoms with Crippen LogP contribution < -0.4 is 24.3 Å². The van der Waals surface area contributed by atoms with E-state index in [0.717, 1.165) is 0 Å². The Bertz CT molecular complexity index is 1080. The maximum atomic E-state index is 12.9. The molecule has 1 atom stereocenters. The Kier molecular flexibility index (Phi) is 11.1. The van der Waals surface area contributed by atoms with E-state index in [9.17, 15) is 9.59 Å². The molecule has 0 heterocycles. The van der Waals surface area contributed by atoms with Gasteiger partial charge in [0.1, 0.15) is 16.5 Å². The van der Waals surface area contributed by atoms with Gasteiger partial charge < -0.3 is 24.3 Å². The summed E-state index contributed by atoms with van der Waals surface area (Å²) in [4.78, 5) is 25.2. The molecule has 0 bridgehead atoms. The van der Waals surface area contributed by atoms with Crippen molar-refractivity contribution in [1.82, 2.24) is 0 Å². The summed E-state index contributed by atoms with van der Waals surface area (Å²) in [6.07, 6.45) is 0. The van der Waals surface area contributed by atoms with Gasteiger partial charge in [0.2, 0.25) is 6.04 Å². The van der Waals surface area contributed by atoms with Gasteiger partial charge in [-0.3, -0.25) is 9.59 Å². The van der Waals surface area contributed by atoms with E-state index in [1.54, 1.807) is 32.0 Å². The number of hydrogen-bond donors (Lipinski definition) is 1. The van der Waals surface area contributed by atoms with Gasteiger partial charge in [-0.05, 0) is 52.8 Å². The molecule has 0 saturated heterocycles. The van der Waals surface area contributed by atoms with Crippen LogP contribution in [-0.4, -0.2) is 44.2 Å². The Morgan fingerprint density at radius 3 is 2.09 bits per heavy atom. The molecular weight excluding hydrogens is 497 g/mol. The van der Waals surface area contributed by atoms with Crippen LogP contribution in [0.2, 0.25) is 10.0 Å². The van der Waals surface area contributed by atoms with Crippen molar-refractivity contribution in [3.63, 3.8) is 0 Å². The maximum absolute atomic E-state index is 12.9. The number of amides is 1. The van der Waals surface area contributed by atoms with E-state index in [1.165, 1.54) is 13.0 Å². The minimum absolute atomic E-state index is 0.141. The van der Waals surface area contributed by atoms with Gasteiger partial charge in [-0.2, -0.15) is 10.2 Å². The van der Waals surface area contributed by atoms with Crippen molar-refractivity contribution in [2.45, 2.75) is 40.7 Å². The predicted molar refractivity (Wildman–Crippen MR) is 135 cm³/mol. The topological polar surface area (TPSA) is 108 Å². The number of halogens is 2. The minimum Gasteiger partial charge on any atom is -0.492 e. The average molecular weight is 526 g/mol. The van der Waals surface area contributed by atoms with Crippen molar-refractivity contribution in [2.75, 3.05) is 31.7 Å². The van der Waals surface area contributed by atoms with E-state index in [2.05, 4.69) is 15.5 Å². The molecule has 0 spiro atoms. The number of rotatable bonds is 13. The van der Waals surface area contributed by atoms with Gasteiger partial charge >= 0.3 is 0 Å². The summed E-state index contributed by atoms with van der Waals surface area (Å²) in [5.74, 6) is 0.268. The number of hydrogen-bond acceptors (Lipinski definition) is 8. The summed E-state index contributed by atoms with van der Waals surface area (Å²) in [6.45, 7) is 10.0. The van der Waals surface area contributed by atoms with Gasteiger partial charge in [-0.25, -0.2) is 0 Å². The molecule has 0 saturated carbocycles. The van der Waals surface area contributed by atoms with E-state index >= 15 is 0 Å². The van der Waals surface area contributed by atoms with Crippen molar-refractivity contribution >= 4 is 46.3 Å². The number of carbonyl (C=O) groups is 2. The van der Waals surface area contributed by atoms with Gasteiger partial charge in [0.25, 0.3) is 5.91 Å². The molecule has 2 rings (SSSR count). The summed E-state index contributed by atoms with van der Waals surface area (Å²) in [7, 11) is 0. The average Bonchev–Trinajstić information content (AvgIpc) is 2.81. The summed E-state index contributed by atoms with van der Waals surface area (Å²) in [5, 5.41) is 11.1. The van der Waals surface area contributed by atoms with E-state index in [-0.39, 0.29) is 21.4 Å². The Morgan fingerprint density at radius 1 is 0.886 bits per heavy atom. The van der Waals surface area contributed by atoms with E-state index in [0.29, 0.717) is 49.4 Å². The number of anilines is 1. The molecule has 0 fully saturated rings. The normalized spacial score (nSPS) is 11.7. The summed E-state index contributed by atoms with van der Waals surface area (Å²) < 4.78 is 22.2. The second kappa shape index (κ2) is 13.7. The van der Waals surface area contributed by atoms with Crippen molar-refractivity contribution in [3.05, 3.63) is 34.3 Å². The molecule has 2 aromatic rings. The van der Waals surface area contributed by atoms with Crippen molar-refractivity contribution < 1.29 is 28.5 Å². The molecule has 9 nitrogen and oxygen atoms in total. The maximum Gasteiger partial charge on any atom is 0.258 e. The van der Waals surface area contributed by atoms with Crippen molar-refractivity contribution in [2.24, 2.45) is 10.2 Å². The van der Waals surface area contributed by atoms with Crippen LogP contribution in [0.3, 0.4) is 0 Å². The van der Waals surface area contributed by atoms with Gasteiger partial charge in [-0.15, -0.1) is 0 Å². The smallest absolute Gasteiger partial charge is 0.258 e. The first-order valence-electron chi connectivity index (χ1n) is 11.2. The monoisotopic (exact) mass is 525 g/mol. The highest BCUT2D eigenvalue weighted by Crippen LogP contribution is 2.41. The Balaban J connectivity index is 2.34. The number of carbonyl (C=O) groups excluding carboxylic acids is 2. The lowest BCUT2D eigenvalue weighted by molar-refractivity contribution is -0.126. The van der Waals surface area contributed by atoms with Crippen LogP contribution in [0.25, 0.3) is 0 Å². The minimum atomic E-state index is -1.44. The van der Waals surface area contributed by atoms with Gasteiger partial charge in [0.05, 0.1) is 37.1 Å². The highest BCUT2D eigenvalue weighted by molar-refractivity contribution is 6.35. The second-order valence-electron chi connectivity index (χ2n) is 6.95. The fraction of sp³-hybridized carbons (Fsp3) is 0.417. The molecule has 1 amide bonds.